The Bertz CT molecular complexity index is 908. The number of hydrogen-bond donors (Lipinski definition) is 2. The molecule has 0 heterocycles. The molecule has 7 heteroatoms. The molecule has 2 aromatic rings. The Balaban J connectivity index is 2.41. The zero-order valence-corrected chi connectivity index (χ0v) is 16.9. The first kappa shape index (κ1) is 18.9. The summed E-state index contributed by atoms with van der Waals surface area (Å²) in [6.45, 7) is 5.50. The predicted octanol–water partition coefficient (Wildman–Crippen LogP) is 3.38. The molecule has 2 rings (SSSR count). The number of carbonyl (C=O) groups excluding carboxylic acids is 1. The van der Waals surface area contributed by atoms with Crippen LogP contribution in [0.15, 0.2) is 35.2 Å². The molecule has 128 valence electrons. The van der Waals surface area contributed by atoms with Crippen molar-refractivity contribution in [3.63, 3.8) is 0 Å². The van der Waals surface area contributed by atoms with Gasteiger partial charge < -0.3 is 5.32 Å². The van der Waals surface area contributed by atoms with Crippen LogP contribution in [0.3, 0.4) is 0 Å². The minimum absolute atomic E-state index is 0.119. The van der Waals surface area contributed by atoms with Gasteiger partial charge in [-0.3, -0.25) is 4.79 Å². The maximum Gasteiger partial charge on any atom is 0.255 e. The molecule has 0 aliphatic rings. The van der Waals surface area contributed by atoms with Crippen LogP contribution in [0, 0.1) is 24.3 Å². The largest absolute Gasteiger partial charge is 0.322 e. The van der Waals surface area contributed by atoms with Crippen LogP contribution < -0.4 is 10.0 Å². The summed E-state index contributed by atoms with van der Waals surface area (Å²) in [6, 6.07) is 8.72. The second kappa shape index (κ2) is 7.20. The van der Waals surface area contributed by atoms with Crippen molar-refractivity contribution < 1.29 is 13.2 Å². The van der Waals surface area contributed by atoms with Crippen molar-refractivity contribution in [3.8, 4) is 0 Å². The van der Waals surface area contributed by atoms with Crippen molar-refractivity contribution in [2.75, 3.05) is 12.4 Å². The van der Waals surface area contributed by atoms with E-state index in [1.165, 1.54) is 13.1 Å². The lowest BCUT2D eigenvalue weighted by Gasteiger charge is -2.13. The molecule has 0 fully saturated rings. The number of hydrogen-bond acceptors (Lipinski definition) is 3. The molecule has 0 atom stereocenters. The first-order valence-corrected chi connectivity index (χ1v) is 9.84. The van der Waals surface area contributed by atoms with Gasteiger partial charge in [-0.2, -0.15) is 0 Å². The van der Waals surface area contributed by atoms with Crippen molar-refractivity contribution in [2.24, 2.45) is 0 Å². The molecule has 0 spiro atoms. The molecule has 0 aromatic heterocycles. The average Bonchev–Trinajstić information content (AvgIpc) is 2.53. The molecule has 2 N–H and O–H groups in total. The molecule has 1 amide bonds. The van der Waals surface area contributed by atoms with Gasteiger partial charge in [-0.05, 0) is 91.4 Å². The van der Waals surface area contributed by atoms with Crippen molar-refractivity contribution in [2.45, 2.75) is 25.7 Å². The van der Waals surface area contributed by atoms with Crippen molar-refractivity contribution in [3.05, 3.63) is 56.2 Å². The van der Waals surface area contributed by atoms with Crippen LogP contribution in [-0.2, 0) is 10.0 Å². The average molecular weight is 458 g/mol. The standard InChI is InChI=1S/C17H19IN2O3S/c1-10-5-6-14(9-15(10)18)20-17(21)13-7-11(2)12(3)16(8-13)24(22,23)19-4/h5-9,19H,1-4H3,(H,20,21). The molecular weight excluding hydrogens is 439 g/mol. The lowest BCUT2D eigenvalue weighted by Crippen LogP contribution is -2.21. The molecule has 0 radical (unpaired) electrons. The Morgan fingerprint density at radius 2 is 1.71 bits per heavy atom. The third-order valence-corrected chi connectivity index (χ3v) is 6.57. The Morgan fingerprint density at radius 1 is 1.04 bits per heavy atom. The third-order valence-electron chi connectivity index (χ3n) is 3.87. The van der Waals surface area contributed by atoms with Gasteiger partial charge in [0.2, 0.25) is 10.0 Å². The molecule has 0 aliphatic heterocycles. The van der Waals surface area contributed by atoms with Crippen LogP contribution in [-0.4, -0.2) is 21.4 Å². The fraction of sp³-hybridized carbons (Fsp3) is 0.235. The van der Waals surface area contributed by atoms with Gasteiger partial charge in [0, 0.05) is 14.8 Å². The number of sulfonamides is 1. The normalized spacial score (nSPS) is 11.4. The second-order valence-corrected chi connectivity index (χ2v) is 8.56. The molecule has 0 aliphatic carbocycles. The number of benzene rings is 2. The summed E-state index contributed by atoms with van der Waals surface area (Å²) in [6.07, 6.45) is 0. The number of halogens is 1. The molecule has 24 heavy (non-hydrogen) atoms. The van der Waals surface area contributed by atoms with E-state index in [9.17, 15) is 13.2 Å². The molecule has 2 aromatic carbocycles. The zero-order valence-electron chi connectivity index (χ0n) is 13.9. The van der Waals surface area contributed by atoms with Crippen molar-refractivity contribution in [1.29, 1.82) is 0 Å². The van der Waals surface area contributed by atoms with Crippen LogP contribution in [0.5, 0.6) is 0 Å². The van der Waals surface area contributed by atoms with E-state index < -0.39 is 10.0 Å². The number of aryl methyl sites for hydroxylation is 2. The number of nitrogens with one attached hydrogen (secondary N) is 2. The van der Waals surface area contributed by atoms with E-state index in [2.05, 4.69) is 32.6 Å². The minimum Gasteiger partial charge on any atom is -0.322 e. The topological polar surface area (TPSA) is 75.3 Å². The summed E-state index contributed by atoms with van der Waals surface area (Å²) in [5, 5.41) is 2.81. The van der Waals surface area contributed by atoms with Gasteiger partial charge in [-0.1, -0.05) is 6.07 Å². The van der Waals surface area contributed by atoms with E-state index in [1.54, 1.807) is 19.9 Å². The summed E-state index contributed by atoms with van der Waals surface area (Å²) >= 11 is 2.20. The fourth-order valence-electron chi connectivity index (χ4n) is 2.22. The third kappa shape index (κ3) is 3.96. The van der Waals surface area contributed by atoms with Crippen LogP contribution in [0.4, 0.5) is 5.69 Å². The van der Waals surface area contributed by atoms with Gasteiger partial charge in [-0.25, -0.2) is 13.1 Å². The van der Waals surface area contributed by atoms with E-state index in [4.69, 9.17) is 0 Å². The lowest BCUT2D eigenvalue weighted by molar-refractivity contribution is 0.102. The Hall–Kier alpha value is -1.45. The summed E-state index contributed by atoms with van der Waals surface area (Å²) in [5.41, 5.74) is 3.48. The highest BCUT2D eigenvalue weighted by Crippen LogP contribution is 2.22. The number of amides is 1. The highest BCUT2D eigenvalue weighted by molar-refractivity contribution is 14.1. The Labute approximate surface area is 156 Å². The Kier molecular flexibility index (Phi) is 5.67. The van der Waals surface area contributed by atoms with Crippen LogP contribution in [0.2, 0.25) is 0 Å². The molecular formula is C17H19IN2O3S. The lowest BCUT2D eigenvalue weighted by atomic mass is 10.1. The number of rotatable bonds is 4. The first-order valence-electron chi connectivity index (χ1n) is 7.28. The second-order valence-electron chi connectivity index (χ2n) is 5.54. The van der Waals surface area contributed by atoms with Gasteiger partial charge >= 0.3 is 0 Å². The van der Waals surface area contributed by atoms with E-state index in [1.807, 2.05) is 25.1 Å². The van der Waals surface area contributed by atoms with Gasteiger partial charge in [-0.15, -0.1) is 0 Å². The van der Waals surface area contributed by atoms with Crippen molar-refractivity contribution in [1.82, 2.24) is 4.72 Å². The maximum atomic E-state index is 12.5. The summed E-state index contributed by atoms with van der Waals surface area (Å²) < 4.78 is 27.6. The van der Waals surface area contributed by atoms with Gasteiger partial charge in [0.05, 0.1) is 4.90 Å². The fourth-order valence-corrected chi connectivity index (χ4v) is 3.80. The SMILES string of the molecule is CNS(=O)(=O)c1cc(C(=O)Nc2ccc(C)c(I)c2)cc(C)c1C. The molecule has 0 unspecified atom stereocenters. The van der Waals surface area contributed by atoms with Crippen LogP contribution in [0.25, 0.3) is 0 Å². The zero-order chi connectivity index (χ0) is 18.1. The van der Waals surface area contributed by atoms with Crippen LogP contribution >= 0.6 is 22.6 Å². The smallest absolute Gasteiger partial charge is 0.255 e. The van der Waals surface area contributed by atoms with Gasteiger partial charge in [0.15, 0.2) is 0 Å². The quantitative estimate of drug-likeness (QED) is 0.690. The predicted molar refractivity (Wildman–Crippen MR) is 104 cm³/mol. The maximum absolute atomic E-state index is 12.5. The van der Waals surface area contributed by atoms with Gasteiger partial charge in [0.1, 0.15) is 0 Å². The highest BCUT2D eigenvalue weighted by Gasteiger charge is 2.19. The van der Waals surface area contributed by atoms with E-state index in [0.29, 0.717) is 16.8 Å². The van der Waals surface area contributed by atoms with Gasteiger partial charge in [0.25, 0.3) is 5.91 Å². The van der Waals surface area contributed by atoms with E-state index in [0.717, 1.165) is 14.7 Å². The number of anilines is 1. The van der Waals surface area contributed by atoms with E-state index >= 15 is 0 Å². The monoisotopic (exact) mass is 458 g/mol. The minimum atomic E-state index is -3.62. The molecule has 5 nitrogen and oxygen atoms in total. The Morgan fingerprint density at radius 3 is 2.29 bits per heavy atom. The molecule has 0 bridgehead atoms. The molecule has 0 saturated heterocycles. The highest BCUT2D eigenvalue weighted by atomic mass is 127. The van der Waals surface area contributed by atoms with Crippen LogP contribution in [0.1, 0.15) is 27.0 Å². The summed E-state index contributed by atoms with van der Waals surface area (Å²) in [4.78, 5) is 12.6. The number of carbonyl (C=O) groups is 1. The van der Waals surface area contributed by atoms with E-state index in [-0.39, 0.29) is 10.8 Å². The molecule has 0 saturated carbocycles. The van der Waals surface area contributed by atoms with Crippen molar-refractivity contribution >= 4 is 44.2 Å². The summed E-state index contributed by atoms with van der Waals surface area (Å²) in [5.74, 6) is -0.342. The summed E-state index contributed by atoms with van der Waals surface area (Å²) in [7, 11) is -2.27. The first-order chi connectivity index (χ1) is 11.2.